The highest BCUT2D eigenvalue weighted by molar-refractivity contribution is 5.57. The second kappa shape index (κ2) is 14.5. The van der Waals surface area contributed by atoms with Crippen LogP contribution in [-0.4, -0.2) is 49.0 Å². The number of carbonyl (C=O) groups is 2. The van der Waals surface area contributed by atoms with Crippen molar-refractivity contribution >= 4 is 12.3 Å². The zero-order valence-corrected chi connectivity index (χ0v) is 10.2. The Kier molecular flexibility index (Phi) is 15.3. The van der Waals surface area contributed by atoms with Gasteiger partial charge in [0, 0.05) is 13.2 Å². The molecule has 0 aliphatic rings. The van der Waals surface area contributed by atoms with E-state index in [2.05, 4.69) is 9.47 Å². The maximum atomic E-state index is 9.79. The molecule has 0 aromatic carbocycles. The second-order valence-electron chi connectivity index (χ2n) is 2.72. The van der Waals surface area contributed by atoms with Crippen LogP contribution in [0.1, 0.15) is 26.7 Å². The molecule has 0 atom stereocenters. The SMILES string of the molecule is CCOCC.O=C(O)OCCCCOC(=O)O. The van der Waals surface area contributed by atoms with Crippen LogP contribution in [0.5, 0.6) is 0 Å². The van der Waals surface area contributed by atoms with E-state index in [4.69, 9.17) is 14.9 Å². The molecule has 0 aromatic rings. The molecule has 102 valence electrons. The summed E-state index contributed by atoms with van der Waals surface area (Å²) in [5.41, 5.74) is 0. The summed E-state index contributed by atoms with van der Waals surface area (Å²) in [5, 5.41) is 16.0. The van der Waals surface area contributed by atoms with E-state index in [1.807, 2.05) is 13.8 Å². The van der Waals surface area contributed by atoms with Crippen molar-refractivity contribution in [3.05, 3.63) is 0 Å². The second-order valence-corrected chi connectivity index (χ2v) is 2.72. The summed E-state index contributed by atoms with van der Waals surface area (Å²) in [4.78, 5) is 19.6. The van der Waals surface area contributed by atoms with Gasteiger partial charge < -0.3 is 24.4 Å². The molecule has 0 fully saturated rings. The third-order valence-electron chi connectivity index (χ3n) is 1.40. The van der Waals surface area contributed by atoms with Crippen molar-refractivity contribution in [3.63, 3.8) is 0 Å². The van der Waals surface area contributed by atoms with Crippen LogP contribution in [0.15, 0.2) is 0 Å². The predicted octanol–water partition coefficient (Wildman–Crippen LogP) is 2.20. The Morgan fingerprint density at radius 3 is 1.41 bits per heavy atom. The summed E-state index contributed by atoms with van der Waals surface area (Å²) in [5.74, 6) is 0. The molecule has 2 N–H and O–H groups in total. The molecule has 0 saturated heterocycles. The normalized spacial score (nSPS) is 8.82. The Bertz CT molecular complexity index is 173. The van der Waals surface area contributed by atoms with Crippen LogP contribution in [0.2, 0.25) is 0 Å². The molecule has 0 aromatic heterocycles. The van der Waals surface area contributed by atoms with Crippen molar-refractivity contribution in [2.75, 3.05) is 26.4 Å². The number of rotatable bonds is 7. The fourth-order valence-corrected chi connectivity index (χ4v) is 0.727. The number of ether oxygens (including phenoxy) is 3. The lowest BCUT2D eigenvalue weighted by atomic mass is 10.3. The molecule has 0 spiro atoms. The van der Waals surface area contributed by atoms with E-state index in [9.17, 15) is 9.59 Å². The predicted molar refractivity (Wildman–Crippen MR) is 59.4 cm³/mol. The minimum atomic E-state index is -1.32. The molecule has 0 heterocycles. The third kappa shape index (κ3) is 25.1. The van der Waals surface area contributed by atoms with E-state index in [0.29, 0.717) is 12.8 Å². The monoisotopic (exact) mass is 252 g/mol. The molecule has 0 aliphatic heterocycles. The number of hydrogen-bond acceptors (Lipinski definition) is 5. The maximum absolute atomic E-state index is 9.79. The fourth-order valence-electron chi connectivity index (χ4n) is 0.727. The van der Waals surface area contributed by atoms with Crippen LogP contribution >= 0.6 is 0 Å². The van der Waals surface area contributed by atoms with E-state index in [-0.39, 0.29) is 13.2 Å². The quantitative estimate of drug-likeness (QED) is 0.528. The van der Waals surface area contributed by atoms with E-state index in [1.54, 1.807) is 0 Å². The van der Waals surface area contributed by atoms with E-state index >= 15 is 0 Å². The van der Waals surface area contributed by atoms with E-state index in [0.717, 1.165) is 13.2 Å². The summed E-state index contributed by atoms with van der Waals surface area (Å²) >= 11 is 0. The topological polar surface area (TPSA) is 102 Å². The van der Waals surface area contributed by atoms with Crippen molar-refractivity contribution < 1.29 is 34.0 Å². The molecule has 0 radical (unpaired) electrons. The Balaban J connectivity index is 0. The molecule has 7 heteroatoms. The fraction of sp³-hybridized carbons (Fsp3) is 0.800. The first-order valence-corrected chi connectivity index (χ1v) is 5.33. The van der Waals surface area contributed by atoms with E-state index in [1.165, 1.54) is 0 Å². The molecular weight excluding hydrogens is 232 g/mol. The molecule has 0 aliphatic carbocycles. The first kappa shape index (κ1) is 17.9. The van der Waals surface area contributed by atoms with Gasteiger partial charge in [-0.1, -0.05) is 0 Å². The molecule has 0 rings (SSSR count). The average molecular weight is 252 g/mol. The highest BCUT2D eigenvalue weighted by Crippen LogP contribution is 1.91. The van der Waals surface area contributed by atoms with Gasteiger partial charge in [-0.25, -0.2) is 9.59 Å². The van der Waals surface area contributed by atoms with Gasteiger partial charge in [-0.2, -0.15) is 0 Å². The Hall–Kier alpha value is -1.50. The molecule has 7 nitrogen and oxygen atoms in total. The van der Waals surface area contributed by atoms with Gasteiger partial charge in [-0.15, -0.1) is 0 Å². The standard InChI is InChI=1S/C6H10O6.C4H10O/c7-5(8)11-3-1-2-4-12-6(9)10;1-3-5-4-2/h1-4H2,(H,7,8)(H,9,10);3-4H2,1-2H3. The first-order chi connectivity index (χ1) is 8.04. The Morgan fingerprint density at radius 1 is 0.882 bits per heavy atom. The Morgan fingerprint density at radius 2 is 1.24 bits per heavy atom. The minimum absolute atomic E-state index is 0.0678. The van der Waals surface area contributed by atoms with Gasteiger partial charge in [0.15, 0.2) is 0 Å². The Labute approximate surface area is 100 Å². The minimum Gasteiger partial charge on any atom is -0.450 e. The molecule has 0 amide bonds. The van der Waals surface area contributed by atoms with Crippen molar-refractivity contribution in [2.24, 2.45) is 0 Å². The average Bonchev–Trinajstić information content (AvgIpc) is 2.24. The first-order valence-electron chi connectivity index (χ1n) is 5.33. The molecule has 17 heavy (non-hydrogen) atoms. The summed E-state index contributed by atoms with van der Waals surface area (Å²) in [6.07, 6.45) is -1.73. The molecular formula is C10H20O7. The van der Waals surface area contributed by atoms with Gasteiger partial charge in [0.25, 0.3) is 0 Å². The number of carboxylic acid groups (broad SMARTS) is 2. The lowest BCUT2D eigenvalue weighted by Gasteiger charge is -2.00. The number of hydrogen-bond donors (Lipinski definition) is 2. The van der Waals surface area contributed by atoms with Crippen LogP contribution in [0.25, 0.3) is 0 Å². The van der Waals surface area contributed by atoms with Gasteiger partial charge >= 0.3 is 12.3 Å². The third-order valence-corrected chi connectivity index (χ3v) is 1.40. The molecule has 0 unspecified atom stereocenters. The summed E-state index contributed by atoms with van der Waals surface area (Å²) in [6.45, 7) is 5.80. The lowest BCUT2D eigenvalue weighted by Crippen LogP contribution is -2.05. The molecule has 0 saturated carbocycles. The number of unbranched alkanes of at least 4 members (excludes halogenated alkanes) is 1. The van der Waals surface area contributed by atoms with Crippen LogP contribution in [0.4, 0.5) is 9.59 Å². The smallest absolute Gasteiger partial charge is 0.450 e. The van der Waals surface area contributed by atoms with Crippen LogP contribution < -0.4 is 0 Å². The van der Waals surface area contributed by atoms with Gasteiger partial charge in [0.05, 0.1) is 13.2 Å². The van der Waals surface area contributed by atoms with Crippen molar-refractivity contribution in [3.8, 4) is 0 Å². The highest BCUT2D eigenvalue weighted by atomic mass is 16.7. The van der Waals surface area contributed by atoms with Gasteiger partial charge in [0.1, 0.15) is 0 Å². The zero-order valence-electron chi connectivity index (χ0n) is 10.2. The van der Waals surface area contributed by atoms with Crippen LogP contribution in [-0.2, 0) is 14.2 Å². The van der Waals surface area contributed by atoms with E-state index < -0.39 is 12.3 Å². The highest BCUT2D eigenvalue weighted by Gasteiger charge is 1.97. The van der Waals surface area contributed by atoms with Gasteiger partial charge in [0.2, 0.25) is 0 Å². The van der Waals surface area contributed by atoms with Crippen LogP contribution in [0, 0.1) is 0 Å². The van der Waals surface area contributed by atoms with Gasteiger partial charge in [-0.3, -0.25) is 0 Å². The van der Waals surface area contributed by atoms with Crippen molar-refractivity contribution in [2.45, 2.75) is 26.7 Å². The summed E-state index contributed by atoms with van der Waals surface area (Å²) in [7, 11) is 0. The maximum Gasteiger partial charge on any atom is 0.505 e. The van der Waals surface area contributed by atoms with Crippen molar-refractivity contribution in [1.29, 1.82) is 0 Å². The molecule has 0 bridgehead atoms. The largest absolute Gasteiger partial charge is 0.505 e. The zero-order chi connectivity index (χ0) is 13.5. The van der Waals surface area contributed by atoms with Gasteiger partial charge in [-0.05, 0) is 26.7 Å². The lowest BCUT2D eigenvalue weighted by molar-refractivity contribution is 0.0769. The van der Waals surface area contributed by atoms with Crippen LogP contribution in [0.3, 0.4) is 0 Å². The summed E-state index contributed by atoms with van der Waals surface area (Å²) in [6, 6.07) is 0. The summed E-state index contributed by atoms with van der Waals surface area (Å²) < 4.78 is 13.2. The van der Waals surface area contributed by atoms with Crippen molar-refractivity contribution in [1.82, 2.24) is 0 Å².